The van der Waals surface area contributed by atoms with Crippen LogP contribution in [0.4, 0.5) is 0 Å². The fourth-order valence-corrected chi connectivity index (χ4v) is 2.32. The number of carboxylic acids is 1. The van der Waals surface area contributed by atoms with Gasteiger partial charge in [0.1, 0.15) is 5.69 Å². The fourth-order valence-electron chi connectivity index (χ4n) is 2.15. The van der Waals surface area contributed by atoms with Gasteiger partial charge in [-0.3, -0.25) is 0 Å². The molecule has 2 heterocycles. The molecule has 0 bridgehead atoms. The lowest BCUT2D eigenvalue weighted by Gasteiger charge is -1.97. The molecule has 2 N–H and O–H groups in total. The number of aromatic amines is 1. The predicted molar refractivity (Wildman–Crippen MR) is 66.7 cm³/mol. The van der Waals surface area contributed by atoms with Crippen LogP contribution >= 0.6 is 11.6 Å². The second kappa shape index (κ2) is 3.28. The number of halogens is 1. The summed E-state index contributed by atoms with van der Waals surface area (Å²) in [6.07, 6.45) is 0. The highest BCUT2D eigenvalue weighted by Crippen LogP contribution is 2.30. The van der Waals surface area contributed by atoms with Crippen LogP contribution in [0.15, 0.2) is 24.3 Å². The highest BCUT2D eigenvalue weighted by Gasteiger charge is 2.14. The van der Waals surface area contributed by atoms with Gasteiger partial charge in [0.15, 0.2) is 0 Å². The molecule has 0 saturated heterocycles. The van der Waals surface area contributed by atoms with Crippen molar-refractivity contribution < 1.29 is 9.90 Å². The van der Waals surface area contributed by atoms with E-state index in [1.54, 1.807) is 12.1 Å². The molecule has 1 aromatic carbocycles. The van der Waals surface area contributed by atoms with Crippen LogP contribution in [0.2, 0.25) is 5.02 Å². The third-order valence-electron chi connectivity index (χ3n) is 2.98. The lowest BCUT2D eigenvalue weighted by atomic mass is 10.2. The number of carboxylic acid groups (broad SMARTS) is 1. The van der Waals surface area contributed by atoms with E-state index in [1.807, 2.05) is 23.7 Å². The Hall–Kier alpha value is -1.94. The highest BCUT2D eigenvalue weighted by molar-refractivity contribution is 6.31. The van der Waals surface area contributed by atoms with Gasteiger partial charge >= 0.3 is 5.97 Å². The standard InChI is InChI=1S/C12H9ClN2O2/c1-15-9-4-6(13)2-3-7(9)11-10(15)5-8(14-11)12(16)17/h2-5,14H,1H3,(H,16,17). The molecule has 0 radical (unpaired) electrons. The molecule has 5 heteroatoms. The first kappa shape index (κ1) is 10.2. The molecule has 0 atom stereocenters. The van der Waals surface area contributed by atoms with Gasteiger partial charge in [-0.2, -0.15) is 0 Å². The average Bonchev–Trinajstić information content (AvgIpc) is 2.80. The minimum absolute atomic E-state index is 0.197. The monoisotopic (exact) mass is 248 g/mol. The first-order chi connectivity index (χ1) is 8.08. The van der Waals surface area contributed by atoms with Crippen LogP contribution in [0.5, 0.6) is 0 Å². The van der Waals surface area contributed by atoms with Crippen molar-refractivity contribution in [2.24, 2.45) is 7.05 Å². The van der Waals surface area contributed by atoms with Crippen LogP contribution in [-0.4, -0.2) is 20.6 Å². The fraction of sp³-hybridized carbons (Fsp3) is 0.0833. The van der Waals surface area contributed by atoms with Crippen molar-refractivity contribution in [2.75, 3.05) is 0 Å². The maximum atomic E-state index is 10.9. The van der Waals surface area contributed by atoms with E-state index in [4.69, 9.17) is 16.7 Å². The van der Waals surface area contributed by atoms with Crippen molar-refractivity contribution in [3.8, 4) is 0 Å². The number of rotatable bonds is 1. The molecular formula is C12H9ClN2O2. The zero-order chi connectivity index (χ0) is 12.2. The molecular weight excluding hydrogens is 240 g/mol. The Labute approximate surface area is 101 Å². The smallest absolute Gasteiger partial charge is 0.352 e. The van der Waals surface area contributed by atoms with Crippen LogP contribution in [0, 0.1) is 0 Å². The first-order valence-corrected chi connectivity index (χ1v) is 5.45. The molecule has 17 heavy (non-hydrogen) atoms. The molecule has 2 aromatic heterocycles. The Morgan fingerprint density at radius 2 is 2.12 bits per heavy atom. The average molecular weight is 249 g/mol. The molecule has 0 fully saturated rings. The van der Waals surface area contributed by atoms with E-state index in [-0.39, 0.29) is 5.69 Å². The quantitative estimate of drug-likeness (QED) is 0.695. The SMILES string of the molecule is Cn1c2cc(Cl)ccc2c2[nH]c(C(=O)O)cc21. The number of aromatic nitrogens is 2. The molecule has 86 valence electrons. The van der Waals surface area contributed by atoms with E-state index in [0.717, 1.165) is 21.9 Å². The van der Waals surface area contributed by atoms with E-state index in [9.17, 15) is 4.79 Å². The van der Waals surface area contributed by atoms with E-state index >= 15 is 0 Å². The number of hydrogen-bond donors (Lipinski definition) is 2. The van der Waals surface area contributed by atoms with Gasteiger partial charge in [-0.1, -0.05) is 11.6 Å². The Kier molecular flexibility index (Phi) is 1.97. The largest absolute Gasteiger partial charge is 0.477 e. The maximum absolute atomic E-state index is 10.9. The summed E-state index contributed by atoms with van der Waals surface area (Å²) in [4.78, 5) is 13.8. The summed E-state index contributed by atoms with van der Waals surface area (Å²) in [5, 5.41) is 10.6. The van der Waals surface area contributed by atoms with Gasteiger partial charge in [0, 0.05) is 17.5 Å². The highest BCUT2D eigenvalue weighted by atomic mass is 35.5. The van der Waals surface area contributed by atoms with Crippen molar-refractivity contribution >= 4 is 39.5 Å². The van der Waals surface area contributed by atoms with Crippen molar-refractivity contribution in [1.29, 1.82) is 0 Å². The second-order valence-electron chi connectivity index (χ2n) is 3.97. The summed E-state index contributed by atoms with van der Waals surface area (Å²) in [6.45, 7) is 0. The number of benzene rings is 1. The summed E-state index contributed by atoms with van der Waals surface area (Å²) in [5.74, 6) is -0.955. The molecule has 0 aliphatic rings. The zero-order valence-electron chi connectivity index (χ0n) is 8.99. The number of aromatic carboxylic acids is 1. The zero-order valence-corrected chi connectivity index (χ0v) is 9.75. The summed E-state index contributed by atoms with van der Waals surface area (Å²) in [6, 6.07) is 7.18. The molecule has 0 aliphatic heterocycles. The van der Waals surface area contributed by atoms with E-state index in [0.29, 0.717) is 5.02 Å². The normalized spacial score (nSPS) is 11.4. The van der Waals surface area contributed by atoms with Gasteiger partial charge in [-0.15, -0.1) is 0 Å². The topological polar surface area (TPSA) is 58.0 Å². The van der Waals surface area contributed by atoms with E-state index in [2.05, 4.69) is 4.98 Å². The number of nitrogens with zero attached hydrogens (tertiary/aromatic N) is 1. The minimum Gasteiger partial charge on any atom is -0.477 e. The summed E-state index contributed by atoms with van der Waals surface area (Å²) < 4.78 is 1.93. The number of carbonyl (C=O) groups is 1. The number of fused-ring (bicyclic) bond motifs is 3. The van der Waals surface area contributed by atoms with Gasteiger partial charge in [0.05, 0.1) is 16.6 Å². The number of hydrogen-bond acceptors (Lipinski definition) is 1. The third kappa shape index (κ3) is 1.34. The molecule has 0 spiro atoms. The second-order valence-corrected chi connectivity index (χ2v) is 4.41. The van der Waals surface area contributed by atoms with Crippen LogP contribution in [0.25, 0.3) is 21.9 Å². The predicted octanol–water partition coefficient (Wildman–Crippen LogP) is 3.01. The van der Waals surface area contributed by atoms with Gasteiger partial charge < -0.3 is 14.7 Å². The molecule has 3 rings (SSSR count). The molecule has 0 saturated carbocycles. The van der Waals surface area contributed by atoms with Crippen molar-refractivity contribution in [3.63, 3.8) is 0 Å². The summed E-state index contributed by atoms with van der Waals surface area (Å²) >= 11 is 5.95. The number of aryl methyl sites for hydroxylation is 1. The van der Waals surface area contributed by atoms with Crippen LogP contribution in [0.1, 0.15) is 10.5 Å². The molecule has 4 nitrogen and oxygen atoms in total. The Balaban J connectivity index is 2.46. The van der Waals surface area contributed by atoms with Crippen LogP contribution in [-0.2, 0) is 7.05 Å². The van der Waals surface area contributed by atoms with Crippen molar-refractivity contribution in [3.05, 3.63) is 35.0 Å². The molecule has 0 aliphatic carbocycles. The first-order valence-electron chi connectivity index (χ1n) is 5.08. The van der Waals surface area contributed by atoms with Crippen LogP contribution < -0.4 is 0 Å². The molecule has 0 unspecified atom stereocenters. The Morgan fingerprint density at radius 1 is 1.35 bits per heavy atom. The van der Waals surface area contributed by atoms with Crippen LogP contribution in [0.3, 0.4) is 0 Å². The summed E-state index contributed by atoms with van der Waals surface area (Å²) in [7, 11) is 1.89. The lowest BCUT2D eigenvalue weighted by Crippen LogP contribution is -1.95. The number of nitrogens with one attached hydrogen (secondary N) is 1. The number of H-pyrrole nitrogens is 1. The minimum atomic E-state index is -0.955. The van der Waals surface area contributed by atoms with Gasteiger partial charge in [-0.25, -0.2) is 4.79 Å². The molecule has 0 amide bonds. The molecule has 3 aromatic rings. The van der Waals surface area contributed by atoms with Gasteiger partial charge in [0.2, 0.25) is 0 Å². The van der Waals surface area contributed by atoms with Crippen molar-refractivity contribution in [2.45, 2.75) is 0 Å². The van der Waals surface area contributed by atoms with Crippen molar-refractivity contribution in [1.82, 2.24) is 9.55 Å². The van der Waals surface area contributed by atoms with Gasteiger partial charge in [0.25, 0.3) is 0 Å². The van der Waals surface area contributed by atoms with E-state index < -0.39 is 5.97 Å². The Bertz CT molecular complexity index is 755. The Morgan fingerprint density at radius 3 is 2.82 bits per heavy atom. The van der Waals surface area contributed by atoms with E-state index in [1.165, 1.54) is 0 Å². The third-order valence-corrected chi connectivity index (χ3v) is 3.21. The maximum Gasteiger partial charge on any atom is 0.352 e. The summed E-state index contributed by atoms with van der Waals surface area (Å²) in [5.41, 5.74) is 2.87. The lowest BCUT2D eigenvalue weighted by molar-refractivity contribution is 0.0691. The van der Waals surface area contributed by atoms with Gasteiger partial charge in [-0.05, 0) is 24.3 Å².